The first-order valence-electron chi connectivity index (χ1n) is 5.78. The molecule has 3 rings (SSSR count). The monoisotopic (exact) mass is 266 g/mol. The number of pyridine rings is 1. The normalized spacial score (nSPS) is 22.6. The summed E-state index contributed by atoms with van der Waals surface area (Å²) in [6.07, 6.45) is 0.577. The predicted octanol–water partition coefficient (Wildman–Crippen LogP) is 0.682. The van der Waals surface area contributed by atoms with Crippen LogP contribution in [0.1, 0.15) is 18.2 Å². The fourth-order valence-electron chi connectivity index (χ4n) is 2.42. The summed E-state index contributed by atoms with van der Waals surface area (Å²) in [7, 11) is -2.95. The van der Waals surface area contributed by atoms with Crippen LogP contribution in [0.2, 0.25) is 0 Å². The quantitative estimate of drug-likeness (QED) is 0.819. The standard InChI is InChI=1S/C11H14N4O2S/c1-7-2-3-9-10(13-7)15(11(12)14-9)8-4-5-18(16,17)6-8/h2-3,8H,4-6H2,1H3,(H2,12,14). The third kappa shape index (κ3) is 1.74. The van der Waals surface area contributed by atoms with Gasteiger partial charge in [-0.1, -0.05) is 0 Å². The Morgan fingerprint density at radius 1 is 1.39 bits per heavy atom. The van der Waals surface area contributed by atoms with E-state index in [0.29, 0.717) is 23.5 Å². The molecule has 1 aliphatic rings. The zero-order valence-electron chi connectivity index (χ0n) is 10.00. The molecule has 3 heterocycles. The average Bonchev–Trinajstić information content (AvgIpc) is 2.77. The summed E-state index contributed by atoms with van der Waals surface area (Å²) in [6.45, 7) is 1.89. The number of rotatable bonds is 1. The van der Waals surface area contributed by atoms with Crippen LogP contribution in [0.25, 0.3) is 11.2 Å². The Bertz CT molecular complexity index is 720. The number of hydrogen-bond donors (Lipinski definition) is 1. The second-order valence-electron chi connectivity index (χ2n) is 4.69. The predicted molar refractivity (Wildman–Crippen MR) is 69.0 cm³/mol. The maximum absolute atomic E-state index is 11.6. The SMILES string of the molecule is Cc1ccc2nc(N)n(C3CCS(=O)(=O)C3)c2n1. The lowest BCUT2D eigenvalue weighted by atomic mass is 10.2. The Kier molecular flexibility index (Phi) is 2.34. The molecule has 7 heteroatoms. The zero-order valence-corrected chi connectivity index (χ0v) is 10.8. The first kappa shape index (κ1) is 11.5. The van der Waals surface area contributed by atoms with E-state index >= 15 is 0 Å². The highest BCUT2D eigenvalue weighted by Gasteiger charge is 2.31. The molecule has 0 radical (unpaired) electrons. The Morgan fingerprint density at radius 3 is 2.83 bits per heavy atom. The molecular formula is C11H14N4O2S. The van der Waals surface area contributed by atoms with Crippen molar-refractivity contribution < 1.29 is 8.42 Å². The van der Waals surface area contributed by atoms with Gasteiger partial charge in [0.1, 0.15) is 5.52 Å². The van der Waals surface area contributed by atoms with Crippen LogP contribution in [0, 0.1) is 6.92 Å². The van der Waals surface area contributed by atoms with Gasteiger partial charge in [0.05, 0.1) is 17.5 Å². The molecular weight excluding hydrogens is 252 g/mol. The molecule has 1 aliphatic heterocycles. The van der Waals surface area contributed by atoms with Crippen LogP contribution in [0.4, 0.5) is 5.95 Å². The van der Waals surface area contributed by atoms with Gasteiger partial charge in [-0.25, -0.2) is 18.4 Å². The number of fused-ring (bicyclic) bond motifs is 1. The first-order chi connectivity index (χ1) is 8.46. The minimum absolute atomic E-state index is 0.123. The van der Waals surface area contributed by atoms with Crippen molar-refractivity contribution in [2.75, 3.05) is 17.2 Å². The van der Waals surface area contributed by atoms with Crippen LogP contribution in [0.3, 0.4) is 0 Å². The number of nitrogens with two attached hydrogens (primary N) is 1. The Hall–Kier alpha value is -1.63. The summed E-state index contributed by atoms with van der Waals surface area (Å²) >= 11 is 0. The summed E-state index contributed by atoms with van der Waals surface area (Å²) in [5, 5.41) is 0. The van der Waals surface area contributed by atoms with Crippen molar-refractivity contribution >= 4 is 26.9 Å². The number of nitrogen functional groups attached to an aromatic ring is 1. The molecule has 1 fully saturated rings. The van der Waals surface area contributed by atoms with Gasteiger partial charge >= 0.3 is 0 Å². The third-order valence-corrected chi connectivity index (χ3v) is 5.03. The molecule has 18 heavy (non-hydrogen) atoms. The number of hydrogen-bond acceptors (Lipinski definition) is 5. The van der Waals surface area contributed by atoms with Gasteiger partial charge in [0.15, 0.2) is 15.5 Å². The summed E-state index contributed by atoms with van der Waals surface area (Å²) in [6, 6.07) is 3.58. The Morgan fingerprint density at radius 2 is 2.17 bits per heavy atom. The number of aromatic nitrogens is 3. The van der Waals surface area contributed by atoms with Crippen molar-refractivity contribution in [3.8, 4) is 0 Å². The molecule has 0 bridgehead atoms. The van der Waals surface area contributed by atoms with Gasteiger partial charge in [0.25, 0.3) is 0 Å². The van der Waals surface area contributed by atoms with E-state index in [9.17, 15) is 8.42 Å². The van der Waals surface area contributed by atoms with Crippen molar-refractivity contribution in [1.29, 1.82) is 0 Å². The second kappa shape index (κ2) is 3.68. The molecule has 0 amide bonds. The minimum Gasteiger partial charge on any atom is -0.369 e. The van der Waals surface area contributed by atoms with Crippen LogP contribution in [0.15, 0.2) is 12.1 Å². The van der Waals surface area contributed by atoms with Crippen LogP contribution in [-0.4, -0.2) is 34.5 Å². The zero-order chi connectivity index (χ0) is 12.9. The first-order valence-corrected chi connectivity index (χ1v) is 7.60. The van der Waals surface area contributed by atoms with Crippen LogP contribution in [-0.2, 0) is 9.84 Å². The molecule has 2 aromatic rings. The maximum atomic E-state index is 11.6. The van der Waals surface area contributed by atoms with Crippen molar-refractivity contribution in [2.24, 2.45) is 0 Å². The van der Waals surface area contributed by atoms with Crippen molar-refractivity contribution in [2.45, 2.75) is 19.4 Å². The molecule has 0 saturated carbocycles. The number of imidazole rings is 1. The summed E-state index contributed by atoms with van der Waals surface area (Å²) in [5.41, 5.74) is 8.14. The van der Waals surface area contributed by atoms with Gasteiger partial charge in [-0.15, -0.1) is 0 Å². The molecule has 1 unspecified atom stereocenters. The molecule has 6 nitrogen and oxygen atoms in total. The summed E-state index contributed by atoms with van der Waals surface area (Å²) < 4.78 is 24.9. The second-order valence-corrected chi connectivity index (χ2v) is 6.92. The Labute approximate surface area is 105 Å². The van der Waals surface area contributed by atoms with Gasteiger partial charge in [-0.3, -0.25) is 4.57 Å². The Balaban J connectivity index is 2.17. The average molecular weight is 266 g/mol. The van der Waals surface area contributed by atoms with E-state index < -0.39 is 9.84 Å². The van der Waals surface area contributed by atoms with E-state index in [1.807, 2.05) is 19.1 Å². The topological polar surface area (TPSA) is 90.9 Å². The van der Waals surface area contributed by atoms with Gasteiger partial charge in [-0.05, 0) is 25.5 Å². The van der Waals surface area contributed by atoms with Gasteiger partial charge < -0.3 is 5.73 Å². The van der Waals surface area contributed by atoms with Crippen LogP contribution < -0.4 is 5.73 Å². The molecule has 2 aromatic heterocycles. The maximum Gasteiger partial charge on any atom is 0.202 e. The molecule has 0 aromatic carbocycles. The fraction of sp³-hybridized carbons (Fsp3) is 0.455. The van der Waals surface area contributed by atoms with Crippen molar-refractivity contribution in [3.05, 3.63) is 17.8 Å². The van der Waals surface area contributed by atoms with Crippen LogP contribution >= 0.6 is 0 Å². The molecule has 1 saturated heterocycles. The van der Waals surface area contributed by atoms with Crippen molar-refractivity contribution in [1.82, 2.24) is 14.5 Å². The number of sulfone groups is 1. The fourth-order valence-corrected chi connectivity index (χ4v) is 4.12. The lowest BCUT2D eigenvalue weighted by molar-refractivity contribution is 0.572. The van der Waals surface area contributed by atoms with Gasteiger partial charge in [0.2, 0.25) is 5.95 Å². The molecule has 2 N–H and O–H groups in total. The van der Waals surface area contributed by atoms with E-state index in [2.05, 4.69) is 9.97 Å². The van der Waals surface area contributed by atoms with Crippen LogP contribution in [0.5, 0.6) is 0 Å². The highest BCUT2D eigenvalue weighted by atomic mass is 32.2. The van der Waals surface area contributed by atoms with E-state index in [4.69, 9.17) is 5.73 Å². The summed E-state index contributed by atoms with van der Waals surface area (Å²) in [5.74, 6) is 0.672. The number of nitrogens with zero attached hydrogens (tertiary/aromatic N) is 3. The van der Waals surface area contributed by atoms with E-state index in [1.165, 1.54) is 0 Å². The smallest absolute Gasteiger partial charge is 0.202 e. The molecule has 0 spiro atoms. The van der Waals surface area contributed by atoms with Gasteiger partial charge in [-0.2, -0.15) is 0 Å². The number of anilines is 1. The lowest BCUT2D eigenvalue weighted by Gasteiger charge is -2.12. The highest BCUT2D eigenvalue weighted by Crippen LogP contribution is 2.29. The van der Waals surface area contributed by atoms with E-state index in [0.717, 1.165) is 5.69 Å². The van der Waals surface area contributed by atoms with E-state index in [-0.39, 0.29) is 17.5 Å². The number of aryl methyl sites for hydroxylation is 1. The minimum atomic E-state index is -2.95. The van der Waals surface area contributed by atoms with E-state index in [1.54, 1.807) is 4.57 Å². The summed E-state index contributed by atoms with van der Waals surface area (Å²) in [4.78, 5) is 8.64. The third-order valence-electron chi connectivity index (χ3n) is 3.28. The molecule has 0 aliphatic carbocycles. The molecule has 1 atom stereocenters. The van der Waals surface area contributed by atoms with Gasteiger partial charge in [0, 0.05) is 5.69 Å². The largest absolute Gasteiger partial charge is 0.369 e. The molecule has 96 valence electrons. The highest BCUT2D eigenvalue weighted by molar-refractivity contribution is 7.91. The van der Waals surface area contributed by atoms with Crippen molar-refractivity contribution in [3.63, 3.8) is 0 Å². The lowest BCUT2D eigenvalue weighted by Crippen LogP contribution is -2.14.